The predicted molar refractivity (Wildman–Crippen MR) is 48.7 cm³/mol. The predicted octanol–water partition coefficient (Wildman–Crippen LogP) is 1.46. The van der Waals surface area contributed by atoms with Crippen molar-refractivity contribution in [3.63, 3.8) is 0 Å². The molecule has 2 heterocycles. The van der Waals surface area contributed by atoms with Gasteiger partial charge in [0.1, 0.15) is 12.0 Å². The molecule has 0 aliphatic heterocycles. The maximum absolute atomic E-state index is 13.1. The Hall–Kier alpha value is -2.24. The normalized spacial score (nSPS) is 9.93. The summed E-state index contributed by atoms with van der Waals surface area (Å²) in [6.07, 6.45) is 4.88. The standard InChI is InChI=1S/C9H6FN3O2/c10-8-4-11-2-1-7(8)9(14)13-6-3-12-15-5-6/h1-5H,(H,13,14). The van der Waals surface area contributed by atoms with Crippen LogP contribution in [0.1, 0.15) is 10.4 Å². The van der Waals surface area contributed by atoms with Crippen LogP contribution in [0.15, 0.2) is 35.4 Å². The van der Waals surface area contributed by atoms with Gasteiger partial charge in [0.25, 0.3) is 5.91 Å². The maximum atomic E-state index is 13.1. The zero-order chi connectivity index (χ0) is 10.7. The van der Waals surface area contributed by atoms with E-state index in [4.69, 9.17) is 0 Å². The summed E-state index contributed by atoms with van der Waals surface area (Å²) in [6.45, 7) is 0. The molecule has 15 heavy (non-hydrogen) atoms. The average Bonchev–Trinajstić information content (AvgIpc) is 2.71. The molecule has 0 aliphatic carbocycles. The monoisotopic (exact) mass is 207 g/mol. The molecular formula is C9H6FN3O2. The molecule has 1 N–H and O–H groups in total. The molecule has 0 bridgehead atoms. The van der Waals surface area contributed by atoms with Gasteiger partial charge in [0, 0.05) is 6.20 Å². The van der Waals surface area contributed by atoms with Gasteiger partial charge < -0.3 is 9.84 Å². The first-order valence-corrected chi connectivity index (χ1v) is 4.07. The highest BCUT2D eigenvalue weighted by atomic mass is 19.1. The van der Waals surface area contributed by atoms with Crippen LogP contribution in [-0.2, 0) is 0 Å². The van der Waals surface area contributed by atoms with Crippen molar-refractivity contribution in [3.8, 4) is 0 Å². The van der Waals surface area contributed by atoms with E-state index in [1.807, 2.05) is 0 Å². The minimum Gasteiger partial charge on any atom is -0.363 e. The van der Waals surface area contributed by atoms with E-state index >= 15 is 0 Å². The Kier molecular flexibility index (Phi) is 2.40. The van der Waals surface area contributed by atoms with Crippen molar-refractivity contribution >= 4 is 11.6 Å². The fraction of sp³-hybridized carbons (Fsp3) is 0. The molecule has 0 saturated heterocycles. The van der Waals surface area contributed by atoms with E-state index in [2.05, 4.69) is 20.0 Å². The largest absolute Gasteiger partial charge is 0.363 e. The fourth-order valence-electron chi connectivity index (χ4n) is 1.02. The van der Waals surface area contributed by atoms with Crippen molar-refractivity contribution in [3.05, 3.63) is 42.3 Å². The first-order chi connectivity index (χ1) is 7.27. The van der Waals surface area contributed by atoms with Crippen LogP contribution in [0.4, 0.5) is 10.1 Å². The van der Waals surface area contributed by atoms with E-state index in [1.165, 1.54) is 24.7 Å². The molecule has 1 amide bonds. The zero-order valence-corrected chi connectivity index (χ0v) is 7.48. The molecule has 76 valence electrons. The summed E-state index contributed by atoms with van der Waals surface area (Å²) in [6, 6.07) is 1.29. The van der Waals surface area contributed by atoms with Gasteiger partial charge in [0.15, 0.2) is 5.82 Å². The van der Waals surface area contributed by atoms with E-state index in [1.54, 1.807) is 0 Å². The minimum atomic E-state index is -0.675. The lowest BCUT2D eigenvalue weighted by Crippen LogP contribution is -2.13. The van der Waals surface area contributed by atoms with E-state index in [0.717, 1.165) is 6.20 Å². The molecule has 6 heteroatoms. The number of anilines is 1. The van der Waals surface area contributed by atoms with Crippen molar-refractivity contribution in [1.82, 2.24) is 10.1 Å². The first-order valence-electron chi connectivity index (χ1n) is 4.07. The van der Waals surface area contributed by atoms with Crippen LogP contribution >= 0.6 is 0 Å². The Labute approximate surface area is 83.9 Å². The molecule has 0 radical (unpaired) electrons. The molecule has 5 nitrogen and oxygen atoms in total. The topological polar surface area (TPSA) is 68.0 Å². The van der Waals surface area contributed by atoms with Gasteiger partial charge in [-0.05, 0) is 6.07 Å². The lowest BCUT2D eigenvalue weighted by molar-refractivity contribution is 0.102. The zero-order valence-electron chi connectivity index (χ0n) is 7.48. The third-order valence-corrected chi connectivity index (χ3v) is 1.71. The van der Waals surface area contributed by atoms with Crippen LogP contribution in [0.2, 0.25) is 0 Å². The number of hydrogen-bond donors (Lipinski definition) is 1. The van der Waals surface area contributed by atoms with E-state index in [9.17, 15) is 9.18 Å². The van der Waals surface area contributed by atoms with Gasteiger partial charge in [-0.1, -0.05) is 5.16 Å². The second-order valence-electron chi connectivity index (χ2n) is 2.72. The number of amides is 1. The number of nitrogens with one attached hydrogen (secondary N) is 1. The second kappa shape index (κ2) is 3.87. The molecule has 0 spiro atoms. The molecule has 0 atom stereocenters. The number of aromatic nitrogens is 2. The summed E-state index contributed by atoms with van der Waals surface area (Å²) in [4.78, 5) is 15.0. The average molecular weight is 207 g/mol. The molecule has 0 unspecified atom stereocenters. The van der Waals surface area contributed by atoms with Crippen LogP contribution in [0.5, 0.6) is 0 Å². The Morgan fingerprint density at radius 2 is 2.33 bits per heavy atom. The highest BCUT2D eigenvalue weighted by molar-refractivity contribution is 6.04. The number of carbonyl (C=O) groups excluding carboxylic acids is 1. The van der Waals surface area contributed by atoms with Crippen LogP contribution in [0, 0.1) is 5.82 Å². The lowest BCUT2D eigenvalue weighted by atomic mass is 10.2. The van der Waals surface area contributed by atoms with E-state index < -0.39 is 11.7 Å². The molecular weight excluding hydrogens is 201 g/mol. The van der Waals surface area contributed by atoms with Gasteiger partial charge in [-0.15, -0.1) is 0 Å². The van der Waals surface area contributed by atoms with Crippen molar-refractivity contribution in [1.29, 1.82) is 0 Å². The fourth-order valence-corrected chi connectivity index (χ4v) is 1.02. The smallest absolute Gasteiger partial charge is 0.258 e. The van der Waals surface area contributed by atoms with Crippen molar-refractivity contribution in [2.45, 2.75) is 0 Å². The van der Waals surface area contributed by atoms with Crippen molar-refractivity contribution in [2.24, 2.45) is 0 Å². The van der Waals surface area contributed by atoms with Gasteiger partial charge in [-0.3, -0.25) is 9.78 Å². The number of nitrogens with zero attached hydrogens (tertiary/aromatic N) is 2. The quantitative estimate of drug-likeness (QED) is 0.809. The summed E-state index contributed by atoms with van der Waals surface area (Å²) in [5, 5.41) is 5.81. The third kappa shape index (κ3) is 1.98. The number of rotatable bonds is 2. The van der Waals surface area contributed by atoms with Gasteiger partial charge in [-0.2, -0.15) is 0 Å². The molecule has 2 aromatic rings. The Morgan fingerprint density at radius 3 is 3.00 bits per heavy atom. The Bertz CT molecular complexity index is 470. The number of halogens is 1. The van der Waals surface area contributed by atoms with E-state index in [0.29, 0.717) is 5.69 Å². The molecule has 2 aromatic heterocycles. The van der Waals surface area contributed by atoms with Gasteiger partial charge >= 0.3 is 0 Å². The second-order valence-corrected chi connectivity index (χ2v) is 2.72. The summed E-state index contributed by atoms with van der Waals surface area (Å²) >= 11 is 0. The Morgan fingerprint density at radius 1 is 1.47 bits per heavy atom. The van der Waals surface area contributed by atoms with Crippen molar-refractivity contribution in [2.75, 3.05) is 5.32 Å². The van der Waals surface area contributed by atoms with Crippen LogP contribution in [-0.4, -0.2) is 16.0 Å². The highest BCUT2D eigenvalue weighted by Crippen LogP contribution is 2.09. The Balaban J connectivity index is 2.19. The van der Waals surface area contributed by atoms with Crippen LogP contribution in [0.25, 0.3) is 0 Å². The van der Waals surface area contributed by atoms with Gasteiger partial charge in [-0.25, -0.2) is 4.39 Å². The highest BCUT2D eigenvalue weighted by Gasteiger charge is 2.11. The summed E-state index contributed by atoms with van der Waals surface area (Å²) in [7, 11) is 0. The summed E-state index contributed by atoms with van der Waals surface area (Å²) in [5.41, 5.74) is 0.294. The van der Waals surface area contributed by atoms with E-state index in [-0.39, 0.29) is 5.56 Å². The van der Waals surface area contributed by atoms with Crippen LogP contribution < -0.4 is 5.32 Å². The van der Waals surface area contributed by atoms with Crippen LogP contribution in [0.3, 0.4) is 0 Å². The number of pyridine rings is 1. The minimum absolute atomic E-state index is 0.0776. The van der Waals surface area contributed by atoms with Gasteiger partial charge in [0.2, 0.25) is 0 Å². The molecule has 2 rings (SSSR count). The summed E-state index contributed by atoms with van der Waals surface area (Å²) in [5.74, 6) is -1.25. The molecule has 0 aliphatic rings. The first kappa shape index (κ1) is 9.32. The number of carbonyl (C=O) groups is 1. The summed E-state index contributed by atoms with van der Waals surface area (Å²) < 4.78 is 17.6. The van der Waals surface area contributed by atoms with Crippen molar-refractivity contribution < 1.29 is 13.7 Å². The number of hydrogen-bond acceptors (Lipinski definition) is 4. The third-order valence-electron chi connectivity index (χ3n) is 1.71. The molecule has 0 fully saturated rings. The lowest BCUT2D eigenvalue weighted by Gasteiger charge is -2.01. The molecule has 0 saturated carbocycles. The molecule has 0 aromatic carbocycles. The maximum Gasteiger partial charge on any atom is 0.258 e. The SMILES string of the molecule is O=C(Nc1cnoc1)c1ccncc1F. The van der Waals surface area contributed by atoms with Gasteiger partial charge in [0.05, 0.1) is 18.0 Å².